The second-order valence-corrected chi connectivity index (χ2v) is 3.49. The van der Waals surface area contributed by atoms with Crippen LogP contribution in [0.2, 0.25) is 0 Å². The SMILES string of the molecule is N#CCNC(=O)CNCCc1ccc(F)cc1. The van der Waals surface area contributed by atoms with E-state index in [1.807, 2.05) is 6.07 Å². The van der Waals surface area contributed by atoms with Gasteiger partial charge >= 0.3 is 0 Å². The lowest BCUT2D eigenvalue weighted by Crippen LogP contribution is -2.34. The Hall–Kier alpha value is -1.93. The van der Waals surface area contributed by atoms with Crippen LogP contribution in [-0.4, -0.2) is 25.5 Å². The standard InChI is InChI=1S/C12H14FN3O/c13-11-3-1-10(2-4-11)5-7-15-9-12(17)16-8-6-14/h1-4,15H,5,7-9H2,(H,16,17). The molecule has 5 heteroatoms. The third-order valence-corrected chi connectivity index (χ3v) is 2.15. The second kappa shape index (κ2) is 7.36. The van der Waals surface area contributed by atoms with Crippen molar-refractivity contribution in [1.82, 2.24) is 10.6 Å². The topological polar surface area (TPSA) is 64.9 Å². The molecule has 1 aromatic rings. The van der Waals surface area contributed by atoms with Crippen molar-refractivity contribution in [3.05, 3.63) is 35.6 Å². The molecule has 0 spiro atoms. The third-order valence-electron chi connectivity index (χ3n) is 2.15. The number of benzene rings is 1. The van der Waals surface area contributed by atoms with Crippen molar-refractivity contribution in [3.63, 3.8) is 0 Å². The van der Waals surface area contributed by atoms with Crippen molar-refractivity contribution in [1.29, 1.82) is 5.26 Å². The summed E-state index contributed by atoms with van der Waals surface area (Å²) < 4.78 is 12.6. The zero-order valence-electron chi connectivity index (χ0n) is 9.37. The number of nitriles is 1. The highest BCUT2D eigenvalue weighted by atomic mass is 19.1. The van der Waals surface area contributed by atoms with Gasteiger partial charge in [0.25, 0.3) is 0 Å². The summed E-state index contributed by atoms with van der Waals surface area (Å²) in [5, 5.41) is 13.6. The molecule has 0 aliphatic heterocycles. The Morgan fingerprint density at radius 3 is 2.71 bits per heavy atom. The first-order valence-electron chi connectivity index (χ1n) is 5.31. The summed E-state index contributed by atoms with van der Waals surface area (Å²) >= 11 is 0. The summed E-state index contributed by atoms with van der Waals surface area (Å²) in [6, 6.07) is 8.08. The third kappa shape index (κ3) is 5.64. The molecule has 0 radical (unpaired) electrons. The van der Waals surface area contributed by atoms with E-state index in [0.717, 1.165) is 12.0 Å². The summed E-state index contributed by atoms with van der Waals surface area (Å²) in [6.45, 7) is 0.840. The van der Waals surface area contributed by atoms with Crippen LogP contribution in [0.4, 0.5) is 4.39 Å². The van der Waals surface area contributed by atoms with Crippen LogP contribution in [0.15, 0.2) is 24.3 Å². The lowest BCUT2D eigenvalue weighted by molar-refractivity contribution is -0.120. The van der Waals surface area contributed by atoms with Gasteiger partial charge in [0.05, 0.1) is 12.6 Å². The molecule has 17 heavy (non-hydrogen) atoms. The van der Waals surface area contributed by atoms with Gasteiger partial charge < -0.3 is 10.6 Å². The van der Waals surface area contributed by atoms with Gasteiger partial charge in [-0.3, -0.25) is 4.79 Å². The molecule has 1 aromatic carbocycles. The summed E-state index contributed by atoms with van der Waals surface area (Å²) in [4.78, 5) is 11.1. The number of hydrogen-bond acceptors (Lipinski definition) is 3. The lowest BCUT2D eigenvalue weighted by Gasteiger charge is -2.04. The van der Waals surface area contributed by atoms with Crippen LogP contribution in [-0.2, 0) is 11.2 Å². The lowest BCUT2D eigenvalue weighted by atomic mass is 10.1. The monoisotopic (exact) mass is 235 g/mol. The van der Waals surface area contributed by atoms with Gasteiger partial charge in [-0.25, -0.2) is 4.39 Å². The van der Waals surface area contributed by atoms with E-state index in [-0.39, 0.29) is 24.8 Å². The highest BCUT2D eigenvalue weighted by Crippen LogP contribution is 2.02. The molecular weight excluding hydrogens is 221 g/mol. The fourth-order valence-corrected chi connectivity index (χ4v) is 1.29. The molecule has 0 fully saturated rings. The number of carbonyl (C=O) groups excluding carboxylic acids is 1. The first kappa shape index (κ1) is 13.1. The van der Waals surface area contributed by atoms with E-state index in [1.54, 1.807) is 12.1 Å². The van der Waals surface area contributed by atoms with Crippen LogP contribution in [0.25, 0.3) is 0 Å². The fraction of sp³-hybridized carbons (Fsp3) is 0.333. The summed E-state index contributed by atoms with van der Waals surface area (Å²) in [6.07, 6.45) is 0.728. The Labute approximate surface area is 99.4 Å². The van der Waals surface area contributed by atoms with E-state index in [9.17, 15) is 9.18 Å². The van der Waals surface area contributed by atoms with Crippen molar-refractivity contribution in [2.75, 3.05) is 19.6 Å². The summed E-state index contributed by atoms with van der Waals surface area (Å²) in [5.74, 6) is -0.455. The van der Waals surface area contributed by atoms with Crippen molar-refractivity contribution in [3.8, 4) is 6.07 Å². The van der Waals surface area contributed by atoms with Gasteiger partial charge in [0.2, 0.25) is 5.91 Å². The fourth-order valence-electron chi connectivity index (χ4n) is 1.29. The van der Waals surface area contributed by atoms with Crippen molar-refractivity contribution >= 4 is 5.91 Å². The molecule has 1 amide bonds. The van der Waals surface area contributed by atoms with Crippen molar-refractivity contribution in [2.24, 2.45) is 0 Å². The van der Waals surface area contributed by atoms with Crippen LogP contribution in [0.3, 0.4) is 0 Å². The van der Waals surface area contributed by atoms with Gasteiger partial charge in [-0.1, -0.05) is 12.1 Å². The zero-order valence-corrected chi connectivity index (χ0v) is 9.37. The van der Waals surface area contributed by atoms with Gasteiger partial charge in [0.1, 0.15) is 12.4 Å². The number of nitrogens with zero attached hydrogens (tertiary/aromatic N) is 1. The number of carbonyl (C=O) groups is 1. The predicted molar refractivity (Wildman–Crippen MR) is 61.6 cm³/mol. The second-order valence-electron chi connectivity index (χ2n) is 3.49. The van der Waals surface area contributed by atoms with E-state index in [4.69, 9.17) is 5.26 Å². The minimum atomic E-state index is -0.252. The Morgan fingerprint density at radius 2 is 2.06 bits per heavy atom. The maximum atomic E-state index is 12.6. The van der Waals surface area contributed by atoms with Gasteiger partial charge in [-0.15, -0.1) is 0 Å². The number of rotatable bonds is 6. The molecule has 0 atom stereocenters. The Balaban J connectivity index is 2.14. The number of nitrogens with one attached hydrogen (secondary N) is 2. The molecule has 4 nitrogen and oxygen atoms in total. The minimum absolute atomic E-state index is 0.0263. The van der Waals surface area contributed by atoms with Crippen LogP contribution < -0.4 is 10.6 Å². The quantitative estimate of drug-likeness (QED) is 0.560. The molecule has 0 aromatic heterocycles. The van der Waals surface area contributed by atoms with E-state index in [0.29, 0.717) is 6.54 Å². The van der Waals surface area contributed by atoms with E-state index in [1.165, 1.54) is 12.1 Å². The smallest absolute Gasteiger partial charge is 0.234 e. The molecule has 0 aliphatic rings. The average molecular weight is 235 g/mol. The first-order valence-corrected chi connectivity index (χ1v) is 5.31. The van der Waals surface area contributed by atoms with Crippen LogP contribution in [0.5, 0.6) is 0 Å². The van der Waals surface area contributed by atoms with Gasteiger partial charge in [0, 0.05) is 0 Å². The van der Waals surface area contributed by atoms with Gasteiger partial charge in [0.15, 0.2) is 0 Å². The van der Waals surface area contributed by atoms with Crippen LogP contribution in [0.1, 0.15) is 5.56 Å². The highest BCUT2D eigenvalue weighted by Gasteiger charge is 1.99. The Morgan fingerprint density at radius 1 is 1.35 bits per heavy atom. The van der Waals surface area contributed by atoms with E-state index < -0.39 is 0 Å². The molecule has 1 rings (SSSR count). The summed E-state index contributed by atoms with van der Waals surface area (Å²) in [7, 11) is 0. The predicted octanol–water partition coefficient (Wildman–Crippen LogP) is 0.598. The van der Waals surface area contributed by atoms with E-state index in [2.05, 4.69) is 10.6 Å². The molecule has 0 saturated carbocycles. The molecule has 0 heterocycles. The normalized spacial score (nSPS) is 9.65. The number of amides is 1. The summed E-state index contributed by atoms with van der Waals surface area (Å²) in [5.41, 5.74) is 1.01. The van der Waals surface area contributed by atoms with E-state index >= 15 is 0 Å². The molecule has 0 saturated heterocycles. The molecule has 0 bridgehead atoms. The average Bonchev–Trinajstić information content (AvgIpc) is 2.34. The maximum Gasteiger partial charge on any atom is 0.234 e. The van der Waals surface area contributed by atoms with Gasteiger partial charge in [-0.05, 0) is 30.7 Å². The molecule has 0 unspecified atom stereocenters. The maximum absolute atomic E-state index is 12.6. The van der Waals surface area contributed by atoms with Crippen molar-refractivity contribution in [2.45, 2.75) is 6.42 Å². The minimum Gasteiger partial charge on any atom is -0.342 e. The molecule has 2 N–H and O–H groups in total. The zero-order chi connectivity index (χ0) is 12.5. The largest absolute Gasteiger partial charge is 0.342 e. The molecule has 90 valence electrons. The van der Waals surface area contributed by atoms with Crippen molar-refractivity contribution < 1.29 is 9.18 Å². The van der Waals surface area contributed by atoms with Crippen LogP contribution >= 0.6 is 0 Å². The van der Waals surface area contributed by atoms with Gasteiger partial charge in [-0.2, -0.15) is 5.26 Å². The molecular formula is C12H14FN3O. The molecule has 0 aliphatic carbocycles. The Bertz CT molecular complexity index is 397. The highest BCUT2D eigenvalue weighted by molar-refractivity contribution is 5.78. The number of halogens is 1. The first-order chi connectivity index (χ1) is 8.22. The number of hydrogen-bond donors (Lipinski definition) is 2. The van der Waals surface area contributed by atoms with Crippen LogP contribution in [0, 0.1) is 17.1 Å². The Kier molecular flexibility index (Phi) is 5.69.